The van der Waals surface area contributed by atoms with Gasteiger partial charge in [-0.15, -0.1) is 0 Å². The Morgan fingerprint density at radius 2 is 2.00 bits per heavy atom. The van der Waals surface area contributed by atoms with Gasteiger partial charge in [0.2, 0.25) is 10.0 Å². The Hall–Kier alpha value is -1.61. The van der Waals surface area contributed by atoms with Gasteiger partial charge >= 0.3 is 0 Å². The summed E-state index contributed by atoms with van der Waals surface area (Å²) in [4.78, 5) is 12.4. The van der Waals surface area contributed by atoms with Crippen LogP contribution in [0.25, 0.3) is 0 Å². The monoisotopic (exact) mass is 442 g/mol. The second-order valence-electron chi connectivity index (χ2n) is 5.39. The number of carbonyl (C=O) groups excluding carboxylic acids is 1. The summed E-state index contributed by atoms with van der Waals surface area (Å²) in [6, 6.07) is 12.7. The summed E-state index contributed by atoms with van der Waals surface area (Å²) in [6.45, 7) is 0.427. The van der Waals surface area contributed by atoms with E-state index in [1.54, 1.807) is 18.2 Å². The molecular formula is C16H15IN2O3S. The molecule has 0 bridgehead atoms. The molecule has 1 aliphatic heterocycles. The molecule has 0 radical (unpaired) electrons. The summed E-state index contributed by atoms with van der Waals surface area (Å²) < 4.78 is 25.9. The van der Waals surface area contributed by atoms with Crippen LogP contribution in [0.5, 0.6) is 0 Å². The van der Waals surface area contributed by atoms with Crippen molar-refractivity contribution in [2.24, 2.45) is 0 Å². The summed E-state index contributed by atoms with van der Waals surface area (Å²) in [7, 11) is -3.27. The van der Waals surface area contributed by atoms with Crippen molar-refractivity contribution in [3.8, 4) is 0 Å². The van der Waals surface area contributed by atoms with Gasteiger partial charge in [0.05, 0.1) is 11.9 Å². The molecule has 0 spiro atoms. The Morgan fingerprint density at radius 1 is 1.22 bits per heavy atom. The van der Waals surface area contributed by atoms with Gasteiger partial charge in [-0.25, -0.2) is 8.42 Å². The molecule has 1 heterocycles. The zero-order chi connectivity index (χ0) is 16.6. The second kappa shape index (κ2) is 6.12. The third-order valence-electron chi connectivity index (χ3n) is 3.68. The van der Waals surface area contributed by atoms with Crippen molar-refractivity contribution in [3.63, 3.8) is 0 Å². The van der Waals surface area contributed by atoms with Crippen molar-refractivity contribution in [2.45, 2.75) is 6.42 Å². The normalized spacial score (nSPS) is 13.7. The van der Waals surface area contributed by atoms with Gasteiger partial charge in [-0.3, -0.25) is 9.10 Å². The molecule has 7 heteroatoms. The van der Waals surface area contributed by atoms with E-state index in [4.69, 9.17) is 0 Å². The number of fused-ring (bicyclic) bond motifs is 1. The molecule has 0 aromatic heterocycles. The fourth-order valence-electron chi connectivity index (χ4n) is 2.63. The number of halogens is 1. The third-order valence-corrected chi connectivity index (χ3v) is 5.53. The largest absolute Gasteiger partial charge is 0.322 e. The van der Waals surface area contributed by atoms with E-state index in [2.05, 4.69) is 27.9 Å². The van der Waals surface area contributed by atoms with Crippen molar-refractivity contribution in [2.75, 3.05) is 22.4 Å². The number of hydrogen-bond acceptors (Lipinski definition) is 3. The van der Waals surface area contributed by atoms with E-state index in [1.807, 2.05) is 24.3 Å². The molecule has 2 aromatic rings. The molecule has 0 atom stereocenters. The summed E-state index contributed by atoms with van der Waals surface area (Å²) in [5.74, 6) is -0.201. The van der Waals surface area contributed by atoms with E-state index in [1.165, 1.54) is 10.6 Å². The zero-order valence-corrected chi connectivity index (χ0v) is 15.4. The van der Waals surface area contributed by atoms with Crippen molar-refractivity contribution >= 4 is 49.9 Å². The molecule has 0 saturated heterocycles. The van der Waals surface area contributed by atoms with E-state index in [9.17, 15) is 13.2 Å². The summed E-state index contributed by atoms with van der Waals surface area (Å²) in [6.07, 6.45) is 1.81. The van der Waals surface area contributed by atoms with E-state index >= 15 is 0 Å². The number of nitrogens with one attached hydrogen (secondary N) is 1. The highest BCUT2D eigenvalue weighted by Crippen LogP contribution is 2.30. The molecule has 5 nitrogen and oxygen atoms in total. The lowest BCUT2D eigenvalue weighted by atomic mass is 10.1. The lowest BCUT2D eigenvalue weighted by Crippen LogP contribution is -2.27. The highest BCUT2D eigenvalue weighted by atomic mass is 127. The number of sulfonamides is 1. The van der Waals surface area contributed by atoms with Crippen LogP contribution in [-0.4, -0.2) is 27.1 Å². The molecule has 23 heavy (non-hydrogen) atoms. The van der Waals surface area contributed by atoms with Crippen LogP contribution in [0.2, 0.25) is 0 Å². The average Bonchev–Trinajstić information content (AvgIpc) is 2.90. The molecule has 1 amide bonds. The molecule has 0 fully saturated rings. The highest BCUT2D eigenvalue weighted by Gasteiger charge is 2.26. The van der Waals surface area contributed by atoms with E-state index in [0.29, 0.717) is 24.2 Å². The lowest BCUT2D eigenvalue weighted by Gasteiger charge is -2.16. The number of nitrogens with zero attached hydrogens (tertiary/aromatic N) is 1. The van der Waals surface area contributed by atoms with Crippen molar-refractivity contribution < 1.29 is 13.2 Å². The van der Waals surface area contributed by atoms with Gasteiger partial charge in [-0.2, -0.15) is 0 Å². The van der Waals surface area contributed by atoms with Crippen LogP contribution in [0.3, 0.4) is 0 Å². The Morgan fingerprint density at radius 3 is 2.70 bits per heavy atom. The Kier molecular flexibility index (Phi) is 4.33. The minimum absolute atomic E-state index is 0.201. The first-order valence-corrected chi connectivity index (χ1v) is 9.95. The first-order valence-electron chi connectivity index (χ1n) is 7.02. The van der Waals surface area contributed by atoms with Crippen molar-refractivity contribution in [3.05, 3.63) is 57.2 Å². The van der Waals surface area contributed by atoms with Gasteiger partial charge in [0.1, 0.15) is 0 Å². The first-order chi connectivity index (χ1) is 10.8. The van der Waals surface area contributed by atoms with Gasteiger partial charge in [0, 0.05) is 21.4 Å². The van der Waals surface area contributed by atoms with E-state index in [-0.39, 0.29) is 5.91 Å². The molecule has 0 saturated carbocycles. The third kappa shape index (κ3) is 3.50. The highest BCUT2D eigenvalue weighted by molar-refractivity contribution is 14.1. The molecular weight excluding hydrogens is 427 g/mol. The zero-order valence-electron chi connectivity index (χ0n) is 12.4. The van der Waals surface area contributed by atoms with Gasteiger partial charge in [0.25, 0.3) is 5.91 Å². The fourth-order valence-corrected chi connectivity index (χ4v) is 4.13. The van der Waals surface area contributed by atoms with Gasteiger partial charge in [-0.1, -0.05) is 6.07 Å². The predicted octanol–water partition coefficient (Wildman–Crippen LogP) is 2.87. The van der Waals surface area contributed by atoms with Crippen LogP contribution in [0, 0.1) is 3.57 Å². The molecule has 2 aromatic carbocycles. The maximum Gasteiger partial charge on any atom is 0.255 e. The van der Waals surface area contributed by atoms with Crippen LogP contribution in [0.4, 0.5) is 11.4 Å². The van der Waals surface area contributed by atoms with E-state index < -0.39 is 10.0 Å². The molecule has 3 rings (SSSR count). The Bertz CT molecular complexity index is 881. The standard InChI is InChI=1S/C16H15IN2O3S/c1-23(21,22)19-8-7-11-9-12(5-6-15(11)19)16(20)18-14-4-2-3-13(17)10-14/h2-6,9-10H,7-8H2,1H3,(H,18,20). The molecule has 0 unspecified atom stereocenters. The average molecular weight is 442 g/mol. The van der Waals surface area contributed by atoms with Crippen LogP contribution >= 0.6 is 22.6 Å². The second-order valence-corrected chi connectivity index (χ2v) is 8.55. The quantitative estimate of drug-likeness (QED) is 0.744. The number of benzene rings is 2. The van der Waals surface area contributed by atoms with Crippen LogP contribution in [0.1, 0.15) is 15.9 Å². The Labute approximate surface area is 148 Å². The van der Waals surface area contributed by atoms with Crippen molar-refractivity contribution in [1.82, 2.24) is 0 Å². The van der Waals surface area contributed by atoms with Crippen molar-refractivity contribution in [1.29, 1.82) is 0 Å². The number of hydrogen-bond donors (Lipinski definition) is 1. The predicted molar refractivity (Wildman–Crippen MR) is 99.4 cm³/mol. The van der Waals surface area contributed by atoms with Crippen LogP contribution < -0.4 is 9.62 Å². The lowest BCUT2D eigenvalue weighted by molar-refractivity contribution is 0.102. The van der Waals surface area contributed by atoms with Gasteiger partial charge in [-0.05, 0) is 71.0 Å². The van der Waals surface area contributed by atoms with Crippen LogP contribution in [-0.2, 0) is 16.4 Å². The van der Waals surface area contributed by atoms with Gasteiger partial charge < -0.3 is 5.32 Å². The first kappa shape index (κ1) is 16.3. The van der Waals surface area contributed by atoms with Gasteiger partial charge in [0.15, 0.2) is 0 Å². The molecule has 0 aliphatic carbocycles. The Balaban J connectivity index is 1.84. The summed E-state index contributed by atoms with van der Waals surface area (Å²) in [5, 5.41) is 2.86. The molecule has 120 valence electrons. The maximum absolute atomic E-state index is 12.4. The SMILES string of the molecule is CS(=O)(=O)N1CCc2cc(C(=O)Nc3cccc(I)c3)ccc21. The smallest absolute Gasteiger partial charge is 0.255 e. The minimum atomic E-state index is -3.27. The van der Waals surface area contributed by atoms with E-state index in [0.717, 1.165) is 14.8 Å². The number of carbonyl (C=O) groups is 1. The maximum atomic E-state index is 12.4. The minimum Gasteiger partial charge on any atom is -0.322 e. The summed E-state index contributed by atoms with van der Waals surface area (Å²) >= 11 is 2.19. The topological polar surface area (TPSA) is 66.5 Å². The number of amides is 1. The fraction of sp³-hybridized carbons (Fsp3) is 0.188. The van der Waals surface area contributed by atoms with Crippen LogP contribution in [0.15, 0.2) is 42.5 Å². The summed E-state index contributed by atoms with van der Waals surface area (Å²) in [5.41, 5.74) is 2.81. The number of rotatable bonds is 3. The molecule has 1 N–H and O–H groups in total. The molecule has 1 aliphatic rings. The number of anilines is 2.